The van der Waals surface area contributed by atoms with E-state index in [9.17, 15) is 0 Å². The normalized spacial score (nSPS) is 11.5. The Bertz CT molecular complexity index is 1910. The van der Waals surface area contributed by atoms with Gasteiger partial charge < -0.3 is 4.74 Å². The fraction of sp³-hybridized carbons (Fsp3) is 0.446. The summed E-state index contributed by atoms with van der Waals surface area (Å²) in [5.41, 5.74) is 12.1. The van der Waals surface area contributed by atoms with Gasteiger partial charge in [-0.05, 0) is 42.7 Å². The zero-order valence-corrected chi connectivity index (χ0v) is 39.2. The topological polar surface area (TPSA) is 46.8 Å². The van der Waals surface area contributed by atoms with Crippen molar-refractivity contribution in [3.63, 3.8) is 0 Å². The molecule has 5 aromatic rings. The number of aryl methyl sites for hydroxylation is 3. The van der Waals surface area contributed by atoms with Crippen molar-refractivity contribution in [3.05, 3.63) is 132 Å². The first-order chi connectivity index (χ1) is 29.9. The third-order valence-electron chi connectivity index (χ3n) is 11.3. The van der Waals surface area contributed by atoms with E-state index in [0.29, 0.717) is 5.36 Å². The first kappa shape index (κ1) is 49.3. The maximum absolute atomic E-state index is 6.69. The van der Waals surface area contributed by atoms with Crippen molar-refractivity contribution in [2.75, 3.05) is 6.61 Å². The fourth-order valence-electron chi connectivity index (χ4n) is 8.01. The van der Waals surface area contributed by atoms with Gasteiger partial charge in [0.2, 0.25) is 0 Å². The zero-order valence-electron chi connectivity index (χ0n) is 38.2. The number of pyridine rings is 1. The molecule has 0 N–H and O–H groups in total. The molecular weight excluding hydrogens is 790 g/mol. The molecule has 0 aliphatic heterocycles. The van der Waals surface area contributed by atoms with E-state index in [4.69, 9.17) is 9.73 Å². The Morgan fingerprint density at radius 1 is 0.607 bits per heavy atom. The molecule has 61 heavy (non-hydrogen) atoms. The molecule has 0 unspecified atom stereocenters. The summed E-state index contributed by atoms with van der Waals surface area (Å²) in [4.78, 5) is 13.7. The van der Waals surface area contributed by atoms with Gasteiger partial charge in [0.25, 0.3) is 0 Å². The van der Waals surface area contributed by atoms with Crippen LogP contribution in [-0.4, -0.2) is 23.5 Å². The van der Waals surface area contributed by atoms with Crippen molar-refractivity contribution in [3.8, 4) is 28.0 Å². The predicted molar refractivity (Wildman–Crippen MR) is 261 cm³/mol. The number of rotatable bonds is 26. The predicted octanol–water partition coefficient (Wildman–Crippen LogP) is 17.3. The van der Waals surface area contributed by atoms with Crippen molar-refractivity contribution >= 4 is 23.3 Å². The van der Waals surface area contributed by atoms with Gasteiger partial charge in [0, 0.05) is 34.8 Å². The van der Waals surface area contributed by atoms with E-state index in [1.165, 1.54) is 126 Å². The molecule has 0 atom stereocenters. The first-order valence-electron chi connectivity index (χ1n) is 23.4. The molecule has 0 amide bonds. The Kier molecular flexibility index (Phi) is 24.1. The minimum absolute atomic E-state index is 0.680. The molecule has 0 aliphatic carbocycles. The van der Waals surface area contributed by atoms with Crippen LogP contribution in [0, 0.1) is 20.8 Å². The monoisotopic (exact) mass is 864 g/mol. The number of hydrogen-bond donors (Lipinski definition) is 0. The molecule has 0 fully saturated rings. The van der Waals surface area contributed by atoms with Gasteiger partial charge in [-0.3, -0.25) is 9.98 Å². The van der Waals surface area contributed by atoms with Gasteiger partial charge in [-0.2, -0.15) is 0 Å². The Balaban J connectivity index is 0.000000537. The summed E-state index contributed by atoms with van der Waals surface area (Å²) in [6.07, 6.45) is 30.3. The van der Waals surface area contributed by atoms with E-state index in [-0.39, 0.29) is 0 Å². The number of unbranched alkanes of at least 4 members (excludes halogenated alkanes) is 17. The van der Waals surface area contributed by atoms with Crippen LogP contribution >= 0.6 is 0 Å². The molecule has 5 rings (SSSR count). The van der Waals surface area contributed by atoms with Crippen LogP contribution in [0.2, 0.25) is 5.36 Å². The fourth-order valence-corrected chi connectivity index (χ4v) is 8.10. The summed E-state index contributed by atoms with van der Waals surface area (Å²) in [5.74, 6) is 0.942. The summed E-state index contributed by atoms with van der Waals surface area (Å²) in [6, 6.07) is 33.8. The second-order valence-electron chi connectivity index (χ2n) is 16.6. The standard InChI is InChI=1S/C45H60N2O.C11H14N.Co/c1-3-4-5-6-7-8-9-10-11-12-13-14-15-16-17-18-19-26-34-48-45-43(39-28-22-20-23-29-39)35-42(36-44(45)40-30-24-21-25-31-40)47-38(2)41-32-27-33-46-37-41;1-5-12-11-9(3)6-8(2)7-10(11)4;/h20-25,27-33,35-37H,3-19,26,34H2,1-2H3;5-7H,1H2,2-4H3;. The van der Waals surface area contributed by atoms with Crippen molar-refractivity contribution < 1.29 is 20.5 Å². The molecule has 328 valence electrons. The van der Waals surface area contributed by atoms with Crippen molar-refractivity contribution in [1.82, 2.24) is 4.98 Å². The second kappa shape index (κ2) is 29.8. The van der Waals surface area contributed by atoms with Crippen LogP contribution in [-0.2, 0) is 15.7 Å². The zero-order chi connectivity index (χ0) is 43.3. The molecule has 4 aromatic carbocycles. The van der Waals surface area contributed by atoms with E-state index in [1.54, 1.807) is 6.20 Å². The van der Waals surface area contributed by atoms with E-state index < -0.39 is 0 Å². The number of ether oxygens (including phenoxy) is 1. The number of benzene rings is 4. The number of aliphatic imine (C=N–C) groups is 2. The van der Waals surface area contributed by atoms with Crippen LogP contribution in [0.25, 0.3) is 22.3 Å². The Morgan fingerprint density at radius 2 is 1.08 bits per heavy atom. The van der Waals surface area contributed by atoms with Crippen LogP contribution in [0.5, 0.6) is 5.75 Å². The molecule has 1 aromatic heterocycles. The summed E-state index contributed by atoms with van der Waals surface area (Å²) < 4.78 is 6.69. The molecule has 0 bridgehead atoms. The quantitative estimate of drug-likeness (QED) is 0.0411. The summed E-state index contributed by atoms with van der Waals surface area (Å²) in [6.45, 7) is 11.3. The van der Waals surface area contributed by atoms with Crippen molar-refractivity contribution in [2.45, 2.75) is 156 Å². The van der Waals surface area contributed by atoms with Crippen LogP contribution in [0.3, 0.4) is 0 Å². The van der Waals surface area contributed by atoms with Crippen LogP contribution < -0.4 is 4.74 Å². The molecule has 1 heterocycles. The van der Waals surface area contributed by atoms with Crippen molar-refractivity contribution in [2.24, 2.45) is 9.98 Å². The molecule has 0 saturated heterocycles. The van der Waals surface area contributed by atoms with Gasteiger partial charge in [0.05, 0.1) is 12.3 Å². The van der Waals surface area contributed by atoms with Gasteiger partial charge in [-0.15, -0.1) is 0 Å². The third-order valence-corrected chi connectivity index (χ3v) is 11.5. The summed E-state index contributed by atoms with van der Waals surface area (Å²) in [5, 5.41) is 0.680. The van der Waals surface area contributed by atoms with Gasteiger partial charge in [-0.1, -0.05) is 183 Å². The van der Waals surface area contributed by atoms with E-state index in [2.05, 4.69) is 144 Å². The van der Waals surface area contributed by atoms with Gasteiger partial charge in [-0.25, -0.2) is 0 Å². The van der Waals surface area contributed by atoms with Gasteiger partial charge in [0.1, 0.15) is 5.75 Å². The second-order valence-corrected chi connectivity index (χ2v) is 17.0. The maximum atomic E-state index is 6.69. The van der Waals surface area contributed by atoms with Crippen LogP contribution in [0.1, 0.15) is 152 Å². The van der Waals surface area contributed by atoms with E-state index >= 15 is 0 Å². The van der Waals surface area contributed by atoms with E-state index in [0.717, 1.165) is 63.7 Å². The molecule has 0 aliphatic rings. The Hall–Kier alpha value is -4.32. The molecule has 4 nitrogen and oxygen atoms in total. The SMILES string of the molecule is CCCCCCCCCCCCCCCCCCCCOc1c(-c2ccccc2)cc(N=C(C)c2cccnc2)cc1-c1ccccc1.Cc1cc(C)c(N=C[CH2][Co])c(C)c1. The van der Waals surface area contributed by atoms with Gasteiger partial charge >= 0.3 is 87.6 Å². The number of aromatic nitrogens is 1. The average Bonchev–Trinajstić information content (AvgIpc) is 3.28. The number of nitrogens with zero attached hydrogens (tertiary/aromatic N) is 3. The minimum atomic E-state index is 0.680. The Morgan fingerprint density at radius 3 is 1.52 bits per heavy atom. The molecular formula is C56H74CoN3O. The third kappa shape index (κ3) is 18.7. The van der Waals surface area contributed by atoms with E-state index in [1.807, 2.05) is 25.4 Å². The Labute approximate surface area is 378 Å². The summed E-state index contributed by atoms with van der Waals surface area (Å²) >= 11 is 4.14. The molecule has 0 spiro atoms. The van der Waals surface area contributed by atoms with Gasteiger partial charge in [0.15, 0.2) is 0 Å². The average molecular weight is 864 g/mol. The summed E-state index contributed by atoms with van der Waals surface area (Å²) in [7, 11) is 0. The van der Waals surface area contributed by atoms with Crippen LogP contribution in [0.4, 0.5) is 11.4 Å². The van der Waals surface area contributed by atoms with Crippen LogP contribution in [0.15, 0.2) is 119 Å². The molecule has 0 saturated carbocycles. The molecule has 5 heteroatoms. The van der Waals surface area contributed by atoms with Crippen molar-refractivity contribution in [1.29, 1.82) is 0 Å². The molecule has 0 radical (unpaired) electrons. The first-order valence-corrected chi connectivity index (χ1v) is 24.2. The number of hydrogen-bond acceptors (Lipinski definition) is 4.